The summed E-state index contributed by atoms with van der Waals surface area (Å²) in [6, 6.07) is 17.3. The highest BCUT2D eigenvalue weighted by molar-refractivity contribution is 7.89. The van der Waals surface area contributed by atoms with E-state index in [4.69, 9.17) is 0 Å². The first-order valence-corrected chi connectivity index (χ1v) is 10.3. The van der Waals surface area contributed by atoms with Crippen LogP contribution in [0.25, 0.3) is 10.8 Å². The summed E-state index contributed by atoms with van der Waals surface area (Å²) < 4.78 is 32.3. The lowest BCUT2D eigenvalue weighted by molar-refractivity contribution is -0.117. The molecule has 0 aliphatic heterocycles. The van der Waals surface area contributed by atoms with E-state index in [1.807, 2.05) is 24.3 Å². The number of amides is 1. The van der Waals surface area contributed by atoms with E-state index in [1.165, 1.54) is 44.4 Å². The molecule has 7 nitrogen and oxygen atoms in total. The number of carbonyl (C=O) groups excluding carboxylic acids is 2. The van der Waals surface area contributed by atoms with Gasteiger partial charge in [-0.15, -0.1) is 0 Å². The summed E-state index contributed by atoms with van der Waals surface area (Å²) >= 11 is 0. The van der Waals surface area contributed by atoms with E-state index < -0.39 is 27.9 Å². The number of hydrogen-bond acceptors (Lipinski definition) is 5. The number of esters is 1. The van der Waals surface area contributed by atoms with Crippen LogP contribution in [0.4, 0.5) is 5.69 Å². The van der Waals surface area contributed by atoms with Crippen LogP contribution in [-0.4, -0.2) is 33.4 Å². The van der Waals surface area contributed by atoms with Gasteiger partial charge in [0.15, 0.2) is 0 Å². The zero-order valence-corrected chi connectivity index (χ0v) is 16.7. The van der Waals surface area contributed by atoms with E-state index in [9.17, 15) is 18.0 Å². The average Bonchev–Trinajstić information content (AvgIpc) is 2.73. The van der Waals surface area contributed by atoms with Crippen molar-refractivity contribution in [3.05, 3.63) is 72.3 Å². The van der Waals surface area contributed by atoms with Crippen LogP contribution in [0.15, 0.2) is 71.6 Å². The summed E-state index contributed by atoms with van der Waals surface area (Å²) in [5, 5.41) is 4.33. The molecule has 0 spiro atoms. The first-order valence-electron chi connectivity index (χ1n) is 8.80. The number of sulfonamides is 1. The number of rotatable bonds is 6. The largest absolute Gasteiger partial charge is 0.465 e. The average molecular weight is 412 g/mol. The second-order valence-corrected chi connectivity index (χ2v) is 8.12. The summed E-state index contributed by atoms with van der Waals surface area (Å²) in [6.07, 6.45) is 0. The van der Waals surface area contributed by atoms with Gasteiger partial charge in [0.05, 0.1) is 23.6 Å². The third kappa shape index (κ3) is 4.79. The molecule has 0 heterocycles. The predicted octanol–water partition coefficient (Wildman–Crippen LogP) is 2.93. The Morgan fingerprint density at radius 2 is 1.59 bits per heavy atom. The molecule has 0 aliphatic carbocycles. The quantitative estimate of drug-likeness (QED) is 0.606. The van der Waals surface area contributed by atoms with Crippen molar-refractivity contribution in [2.75, 3.05) is 12.4 Å². The Hall–Kier alpha value is -3.23. The minimum absolute atomic E-state index is 0.0817. The first-order chi connectivity index (χ1) is 13.8. The van der Waals surface area contributed by atoms with Gasteiger partial charge in [0.25, 0.3) is 0 Å². The fourth-order valence-electron chi connectivity index (χ4n) is 2.75. The molecule has 1 atom stereocenters. The molecule has 0 unspecified atom stereocenters. The Morgan fingerprint density at radius 3 is 2.24 bits per heavy atom. The maximum absolute atomic E-state index is 12.7. The molecule has 8 heteroatoms. The lowest BCUT2D eigenvalue weighted by Crippen LogP contribution is -2.41. The van der Waals surface area contributed by atoms with Crippen LogP contribution in [0.3, 0.4) is 0 Å². The number of benzene rings is 3. The Balaban J connectivity index is 1.69. The van der Waals surface area contributed by atoms with Gasteiger partial charge in [-0.2, -0.15) is 4.72 Å². The van der Waals surface area contributed by atoms with Gasteiger partial charge in [-0.25, -0.2) is 13.2 Å². The van der Waals surface area contributed by atoms with Crippen molar-refractivity contribution in [2.45, 2.75) is 17.9 Å². The Labute approximate surface area is 168 Å². The molecule has 3 rings (SSSR count). The van der Waals surface area contributed by atoms with Crippen LogP contribution in [0.5, 0.6) is 0 Å². The van der Waals surface area contributed by atoms with Crippen molar-refractivity contribution < 1.29 is 22.7 Å². The van der Waals surface area contributed by atoms with Gasteiger partial charge in [-0.3, -0.25) is 4.79 Å². The molecule has 3 aromatic rings. The molecule has 1 amide bonds. The fourth-order valence-corrected chi connectivity index (χ4v) is 3.98. The molecule has 2 N–H and O–H groups in total. The molecule has 0 bridgehead atoms. The summed E-state index contributed by atoms with van der Waals surface area (Å²) in [5.74, 6) is -1.01. The standard InChI is InChI=1S/C21H20N2O5S/c1-14(20(24)22-18-10-7-16(8-11-18)21(25)28-2)23-29(26,27)19-12-9-15-5-3-4-6-17(15)13-19/h3-14,23H,1-2H3,(H,22,24)/t14-/m1/s1. The SMILES string of the molecule is COC(=O)c1ccc(NC(=O)[C@@H](C)NS(=O)(=O)c2ccc3ccccc3c2)cc1. The first kappa shape index (κ1) is 20.5. The molecule has 0 saturated heterocycles. The minimum atomic E-state index is -3.88. The lowest BCUT2D eigenvalue weighted by atomic mass is 10.1. The van der Waals surface area contributed by atoms with Crippen molar-refractivity contribution in [1.82, 2.24) is 4.72 Å². The van der Waals surface area contributed by atoms with Crippen LogP contribution in [0.1, 0.15) is 17.3 Å². The Kier molecular flexibility index (Phi) is 5.95. The Morgan fingerprint density at radius 1 is 0.931 bits per heavy atom. The zero-order chi connectivity index (χ0) is 21.0. The molecule has 150 valence electrons. The number of carbonyl (C=O) groups is 2. The van der Waals surface area contributed by atoms with Gasteiger partial charge in [0.2, 0.25) is 15.9 Å². The Bertz CT molecular complexity index is 1160. The number of fused-ring (bicyclic) bond motifs is 1. The maximum atomic E-state index is 12.7. The normalized spacial score (nSPS) is 12.3. The van der Waals surface area contributed by atoms with Gasteiger partial charge in [0, 0.05) is 5.69 Å². The van der Waals surface area contributed by atoms with Gasteiger partial charge in [-0.05, 0) is 54.1 Å². The van der Waals surface area contributed by atoms with Gasteiger partial charge < -0.3 is 10.1 Å². The summed E-state index contributed by atoms with van der Waals surface area (Å²) in [4.78, 5) is 23.9. The summed E-state index contributed by atoms with van der Waals surface area (Å²) in [5.41, 5.74) is 0.773. The van der Waals surface area contributed by atoms with Crippen LogP contribution in [0, 0.1) is 0 Å². The van der Waals surface area contributed by atoms with Crippen molar-refractivity contribution in [3.8, 4) is 0 Å². The van der Waals surface area contributed by atoms with Crippen molar-refractivity contribution >= 4 is 38.4 Å². The van der Waals surface area contributed by atoms with Crippen LogP contribution in [-0.2, 0) is 19.6 Å². The van der Waals surface area contributed by atoms with Gasteiger partial charge >= 0.3 is 5.97 Å². The number of hydrogen-bond donors (Lipinski definition) is 2. The maximum Gasteiger partial charge on any atom is 0.337 e. The second kappa shape index (κ2) is 8.42. The van der Waals surface area contributed by atoms with Crippen molar-refractivity contribution in [2.24, 2.45) is 0 Å². The topological polar surface area (TPSA) is 102 Å². The third-order valence-electron chi connectivity index (χ3n) is 4.33. The van der Waals surface area contributed by atoms with E-state index in [-0.39, 0.29) is 4.90 Å². The van der Waals surface area contributed by atoms with Gasteiger partial charge in [-0.1, -0.05) is 30.3 Å². The van der Waals surface area contributed by atoms with Crippen molar-refractivity contribution in [1.29, 1.82) is 0 Å². The minimum Gasteiger partial charge on any atom is -0.465 e. The smallest absolute Gasteiger partial charge is 0.337 e. The molecule has 0 aromatic heterocycles. The molecule has 0 aliphatic rings. The van der Waals surface area contributed by atoms with E-state index in [1.54, 1.807) is 12.1 Å². The molecule has 0 radical (unpaired) electrons. The fraction of sp³-hybridized carbons (Fsp3) is 0.143. The highest BCUT2D eigenvalue weighted by Gasteiger charge is 2.22. The molecular formula is C21H20N2O5S. The van der Waals surface area contributed by atoms with E-state index in [2.05, 4.69) is 14.8 Å². The highest BCUT2D eigenvalue weighted by atomic mass is 32.2. The summed E-state index contributed by atoms with van der Waals surface area (Å²) in [7, 11) is -2.60. The zero-order valence-electron chi connectivity index (χ0n) is 15.9. The molecule has 0 saturated carbocycles. The number of methoxy groups -OCH3 is 1. The monoisotopic (exact) mass is 412 g/mol. The highest BCUT2D eigenvalue weighted by Crippen LogP contribution is 2.19. The second-order valence-electron chi connectivity index (χ2n) is 6.41. The van der Waals surface area contributed by atoms with E-state index >= 15 is 0 Å². The van der Waals surface area contributed by atoms with E-state index in [0.29, 0.717) is 11.3 Å². The van der Waals surface area contributed by atoms with Crippen LogP contribution >= 0.6 is 0 Å². The molecule has 3 aromatic carbocycles. The predicted molar refractivity (Wildman–Crippen MR) is 110 cm³/mol. The lowest BCUT2D eigenvalue weighted by Gasteiger charge is -2.15. The number of anilines is 1. The molecule has 29 heavy (non-hydrogen) atoms. The van der Waals surface area contributed by atoms with Crippen LogP contribution in [0.2, 0.25) is 0 Å². The van der Waals surface area contributed by atoms with Gasteiger partial charge in [0.1, 0.15) is 0 Å². The number of ether oxygens (including phenoxy) is 1. The molecule has 0 fully saturated rings. The van der Waals surface area contributed by atoms with Crippen molar-refractivity contribution in [3.63, 3.8) is 0 Å². The van der Waals surface area contributed by atoms with Crippen LogP contribution < -0.4 is 10.0 Å². The van der Waals surface area contributed by atoms with E-state index in [0.717, 1.165) is 10.8 Å². The third-order valence-corrected chi connectivity index (χ3v) is 5.87. The number of nitrogens with one attached hydrogen (secondary N) is 2. The molecular weight excluding hydrogens is 392 g/mol. The summed E-state index contributed by atoms with van der Waals surface area (Å²) in [6.45, 7) is 1.46.